The molecule has 1 heterocycles. The van der Waals surface area contributed by atoms with Crippen LogP contribution in [0.5, 0.6) is 0 Å². The highest BCUT2D eigenvalue weighted by atomic mass is 19.4. The molecule has 0 radical (unpaired) electrons. The molecular formula is C12H19F3N2O2. The number of piperazine rings is 1. The zero-order chi connectivity index (χ0) is 14.8. The van der Waals surface area contributed by atoms with Gasteiger partial charge in [-0.05, 0) is 19.8 Å². The first-order chi connectivity index (χ1) is 8.64. The summed E-state index contributed by atoms with van der Waals surface area (Å²) < 4.78 is 36.9. The van der Waals surface area contributed by atoms with E-state index in [1.165, 1.54) is 0 Å². The van der Waals surface area contributed by atoms with E-state index >= 15 is 0 Å². The lowest BCUT2D eigenvalue weighted by atomic mass is 9.91. The Hall–Kier alpha value is -1.27. The molecule has 0 bridgehead atoms. The molecule has 19 heavy (non-hydrogen) atoms. The van der Waals surface area contributed by atoms with E-state index in [2.05, 4.69) is 5.32 Å². The zero-order valence-electron chi connectivity index (χ0n) is 11.3. The van der Waals surface area contributed by atoms with Gasteiger partial charge in [-0.25, -0.2) is 0 Å². The van der Waals surface area contributed by atoms with Crippen molar-refractivity contribution < 1.29 is 22.8 Å². The van der Waals surface area contributed by atoms with E-state index < -0.39 is 36.6 Å². The summed E-state index contributed by atoms with van der Waals surface area (Å²) in [6, 6.07) is -0.811. The van der Waals surface area contributed by atoms with E-state index in [9.17, 15) is 22.8 Å². The average Bonchev–Trinajstić information content (AvgIpc) is 2.30. The number of nitrogens with one attached hydrogen (secondary N) is 1. The Kier molecular flexibility index (Phi) is 4.47. The summed E-state index contributed by atoms with van der Waals surface area (Å²) in [6.07, 6.45) is -4.79. The number of hydrogen-bond acceptors (Lipinski definition) is 2. The van der Waals surface area contributed by atoms with Crippen molar-refractivity contribution in [2.24, 2.45) is 0 Å². The molecule has 1 fully saturated rings. The average molecular weight is 280 g/mol. The maximum absolute atomic E-state index is 12.3. The van der Waals surface area contributed by atoms with Crippen LogP contribution in [0.25, 0.3) is 0 Å². The standard InChI is InChI=1S/C12H19F3N2O2/c1-4-8-9(18)16-11(3,5-2)10(19)17(8)7-6-12(13,14)15/h8H,4-7H2,1-3H3,(H,16,18). The first-order valence-electron chi connectivity index (χ1n) is 6.34. The third-order valence-electron chi connectivity index (χ3n) is 3.54. The SMILES string of the molecule is CCC1C(=O)NC(C)(CC)C(=O)N1CCC(F)(F)F. The van der Waals surface area contributed by atoms with Crippen LogP contribution in [-0.2, 0) is 9.59 Å². The van der Waals surface area contributed by atoms with Gasteiger partial charge in [0.2, 0.25) is 11.8 Å². The topological polar surface area (TPSA) is 49.4 Å². The number of carbonyl (C=O) groups is 2. The summed E-state index contributed by atoms with van der Waals surface area (Å²) in [5, 5.41) is 2.61. The minimum Gasteiger partial charge on any atom is -0.340 e. The molecule has 110 valence electrons. The Bertz CT molecular complexity index is 370. The van der Waals surface area contributed by atoms with E-state index in [0.717, 1.165) is 4.90 Å². The van der Waals surface area contributed by atoms with Crippen LogP contribution in [0.2, 0.25) is 0 Å². The molecule has 7 heteroatoms. The van der Waals surface area contributed by atoms with Crippen molar-refractivity contribution in [1.82, 2.24) is 10.2 Å². The van der Waals surface area contributed by atoms with Crippen LogP contribution in [-0.4, -0.2) is 41.0 Å². The molecule has 2 atom stereocenters. The van der Waals surface area contributed by atoms with E-state index in [1.54, 1.807) is 20.8 Å². The van der Waals surface area contributed by atoms with E-state index in [1.807, 2.05) is 0 Å². The van der Waals surface area contributed by atoms with Crippen molar-refractivity contribution in [2.75, 3.05) is 6.54 Å². The minimum absolute atomic E-state index is 0.301. The molecule has 0 spiro atoms. The van der Waals surface area contributed by atoms with E-state index in [4.69, 9.17) is 0 Å². The van der Waals surface area contributed by atoms with Gasteiger partial charge in [0.15, 0.2) is 0 Å². The third kappa shape index (κ3) is 3.39. The Morgan fingerprint density at radius 1 is 1.32 bits per heavy atom. The fourth-order valence-corrected chi connectivity index (χ4v) is 2.16. The highest BCUT2D eigenvalue weighted by Gasteiger charge is 2.47. The number of alkyl halides is 3. The number of hydrogen-bond donors (Lipinski definition) is 1. The lowest BCUT2D eigenvalue weighted by Crippen LogP contribution is -2.69. The Labute approximate surface area is 110 Å². The molecule has 1 aliphatic heterocycles. The van der Waals surface area contributed by atoms with E-state index in [0.29, 0.717) is 12.8 Å². The Balaban J connectivity index is 2.93. The number of rotatable bonds is 4. The molecule has 2 unspecified atom stereocenters. The van der Waals surface area contributed by atoms with Gasteiger partial charge in [-0.2, -0.15) is 13.2 Å². The molecule has 1 N–H and O–H groups in total. The number of halogens is 3. The lowest BCUT2D eigenvalue weighted by Gasteiger charge is -2.44. The van der Waals surface area contributed by atoms with Crippen LogP contribution in [0, 0.1) is 0 Å². The molecule has 1 rings (SSSR count). The van der Waals surface area contributed by atoms with Crippen LogP contribution >= 0.6 is 0 Å². The highest BCUT2D eigenvalue weighted by Crippen LogP contribution is 2.26. The van der Waals surface area contributed by atoms with Gasteiger partial charge in [-0.15, -0.1) is 0 Å². The van der Waals surface area contributed by atoms with Crippen molar-refractivity contribution in [3.05, 3.63) is 0 Å². The van der Waals surface area contributed by atoms with Crippen molar-refractivity contribution in [2.45, 2.75) is 57.8 Å². The van der Waals surface area contributed by atoms with Gasteiger partial charge >= 0.3 is 6.18 Å². The maximum Gasteiger partial charge on any atom is 0.390 e. The molecule has 0 aliphatic carbocycles. The molecule has 0 aromatic rings. The Morgan fingerprint density at radius 3 is 2.32 bits per heavy atom. The first-order valence-corrected chi connectivity index (χ1v) is 6.34. The van der Waals surface area contributed by atoms with Gasteiger partial charge in [0.1, 0.15) is 11.6 Å². The minimum atomic E-state index is -4.34. The molecule has 1 aliphatic rings. The van der Waals surface area contributed by atoms with Crippen LogP contribution < -0.4 is 5.32 Å². The van der Waals surface area contributed by atoms with Gasteiger partial charge in [0, 0.05) is 6.54 Å². The van der Waals surface area contributed by atoms with Gasteiger partial charge in [-0.1, -0.05) is 13.8 Å². The molecule has 0 saturated carbocycles. The monoisotopic (exact) mass is 280 g/mol. The maximum atomic E-state index is 12.3. The van der Waals surface area contributed by atoms with Crippen molar-refractivity contribution >= 4 is 11.8 Å². The third-order valence-corrected chi connectivity index (χ3v) is 3.54. The van der Waals surface area contributed by atoms with Crippen molar-refractivity contribution in [1.29, 1.82) is 0 Å². The normalized spacial score (nSPS) is 28.5. The van der Waals surface area contributed by atoms with Crippen LogP contribution in [0.15, 0.2) is 0 Å². The fourth-order valence-electron chi connectivity index (χ4n) is 2.16. The first kappa shape index (κ1) is 15.8. The summed E-state index contributed by atoms with van der Waals surface area (Å²) in [5.41, 5.74) is -1.10. The molecule has 0 aromatic carbocycles. The van der Waals surface area contributed by atoms with Crippen molar-refractivity contribution in [3.63, 3.8) is 0 Å². The van der Waals surface area contributed by atoms with Gasteiger partial charge in [0.25, 0.3) is 0 Å². The largest absolute Gasteiger partial charge is 0.390 e. The molecular weight excluding hydrogens is 261 g/mol. The van der Waals surface area contributed by atoms with Crippen LogP contribution in [0.4, 0.5) is 13.2 Å². The van der Waals surface area contributed by atoms with Crippen molar-refractivity contribution in [3.8, 4) is 0 Å². The summed E-state index contributed by atoms with van der Waals surface area (Å²) in [5.74, 6) is -0.820. The predicted octanol–water partition coefficient (Wildman–Crippen LogP) is 1.84. The Morgan fingerprint density at radius 2 is 1.89 bits per heavy atom. The highest BCUT2D eigenvalue weighted by molar-refractivity contribution is 5.99. The molecule has 1 saturated heterocycles. The van der Waals surface area contributed by atoms with Gasteiger partial charge in [-0.3, -0.25) is 9.59 Å². The van der Waals surface area contributed by atoms with Crippen LogP contribution in [0.1, 0.15) is 40.0 Å². The summed E-state index contributed by atoms with van der Waals surface area (Å²) in [4.78, 5) is 25.2. The summed E-state index contributed by atoms with van der Waals surface area (Å²) in [6.45, 7) is 4.46. The number of carbonyl (C=O) groups excluding carboxylic acids is 2. The second kappa shape index (κ2) is 5.38. The van der Waals surface area contributed by atoms with Crippen LogP contribution in [0.3, 0.4) is 0 Å². The second-order valence-electron chi connectivity index (χ2n) is 4.96. The quantitative estimate of drug-likeness (QED) is 0.854. The number of nitrogens with zero attached hydrogens (tertiary/aromatic N) is 1. The fraction of sp³-hybridized carbons (Fsp3) is 0.833. The van der Waals surface area contributed by atoms with E-state index in [-0.39, 0.29) is 5.91 Å². The molecule has 4 nitrogen and oxygen atoms in total. The summed E-state index contributed by atoms with van der Waals surface area (Å²) in [7, 11) is 0. The molecule has 0 aromatic heterocycles. The predicted molar refractivity (Wildman–Crippen MR) is 63.3 cm³/mol. The van der Waals surface area contributed by atoms with Gasteiger partial charge in [0.05, 0.1) is 6.42 Å². The lowest BCUT2D eigenvalue weighted by molar-refractivity contribution is -0.162. The zero-order valence-corrected chi connectivity index (χ0v) is 11.3. The smallest absolute Gasteiger partial charge is 0.340 e. The second-order valence-corrected chi connectivity index (χ2v) is 4.96. The van der Waals surface area contributed by atoms with Gasteiger partial charge < -0.3 is 10.2 Å². The molecule has 2 amide bonds. The summed E-state index contributed by atoms with van der Waals surface area (Å²) >= 11 is 0. The number of amides is 2.